The fourth-order valence-corrected chi connectivity index (χ4v) is 11.6. The maximum absolute atomic E-state index is 12.8. The first-order chi connectivity index (χ1) is 45.7. The Kier molecular flexibility index (Phi) is 31.4. The summed E-state index contributed by atoms with van der Waals surface area (Å²) in [4.78, 5) is 92.5. The monoisotopic (exact) mass is 1460 g/mol. The van der Waals surface area contributed by atoms with Crippen LogP contribution in [0.15, 0.2) is 146 Å². The quantitative estimate of drug-likeness (QED) is 0.0408. The molecule has 24 nitrogen and oxygen atoms in total. The van der Waals surface area contributed by atoms with E-state index in [0.29, 0.717) is 75.4 Å². The Labute approximate surface area is 583 Å². The summed E-state index contributed by atoms with van der Waals surface area (Å²) in [5.41, 5.74) is 11.0. The minimum Gasteiger partial charge on any atom is -0.489 e. The van der Waals surface area contributed by atoms with E-state index >= 15 is 0 Å². The molecule has 31 heteroatoms. The fraction of sp³-hybridized carbons (Fsp3) is 0.215. The van der Waals surface area contributed by atoms with Gasteiger partial charge in [-0.2, -0.15) is 15.8 Å². The molecule has 6 N–H and O–H groups in total. The molecule has 3 amide bonds. The van der Waals surface area contributed by atoms with E-state index in [0.717, 1.165) is 53.0 Å². The van der Waals surface area contributed by atoms with Crippen molar-refractivity contribution in [3.63, 3.8) is 0 Å². The zero-order chi connectivity index (χ0) is 69.0. The van der Waals surface area contributed by atoms with E-state index in [-0.39, 0.29) is 59.4 Å². The number of nitriles is 3. The molecule has 4 aromatic heterocycles. The van der Waals surface area contributed by atoms with Crippen LogP contribution in [0.1, 0.15) is 100 Å². The summed E-state index contributed by atoms with van der Waals surface area (Å²) < 4.78 is 20.7. The summed E-state index contributed by atoms with van der Waals surface area (Å²) in [6.45, 7) is 6.53. The number of ether oxygens (including phenoxy) is 4. The van der Waals surface area contributed by atoms with E-state index in [4.69, 9.17) is 55.6 Å². The van der Waals surface area contributed by atoms with Crippen molar-refractivity contribution in [2.24, 2.45) is 5.73 Å². The number of hydrogen-bond donors (Lipinski definition) is 5. The van der Waals surface area contributed by atoms with Gasteiger partial charge in [0.05, 0.1) is 59.5 Å². The number of amides is 3. The maximum Gasteiger partial charge on any atom is 0.488 e. The molecule has 5 aromatic carbocycles. The number of rotatable bonds is 13. The average molecular weight is 1460 g/mol. The highest BCUT2D eigenvalue weighted by Gasteiger charge is 2.31. The van der Waals surface area contributed by atoms with Gasteiger partial charge in [-0.25, -0.2) is 34.3 Å². The zero-order valence-electron chi connectivity index (χ0n) is 52.0. The molecule has 9 aromatic rings. The van der Waals surface area contributed by atoms with Crippen molar-refractivity contribution in [1.29, 1.82) is 15.8 Å². The highest BCUT2D eigenvalue weighted by molar-refractivity contribution is 9.08. The second-order valence-corrected chi connectivity index (χ2v) is 24.8. The van der Waals surface area contributed by atoms with Crippen LogP contribution in [0, 0.1) is 40.9 Å². The van der Waals surface area contributed by atoms with Gasteiger partial charge in [-0.1, -0.05) is 76.6 Å². The summed E-state index contributed by atoms with van der Waals surface area (Å²) in [5, 5.41) is 57.0. The summed E-state index contributed by atoms with van der Waals surface area (Å²) in [5.74, 6) is -1.16. The minimum atomic E-state index is -1.50. The molecular formula is C65H62BBrClN11O13S4. The molecule has 2 aliphatic heterocycles. The molecule has 6 heterocycles. The van der Waals surface area contributed by atoms with Crippen molar-refractivity contribution in [3.05, 3.63) is 213 Å². The molecule has 0 saturated heterocycles. The van der Waals surface area contributed by atoms with Gasteiger partial charge >= 0.3 is 25.0 Å². The number of carbonyl (C=O) groups excluding carboxylic acids is 5. The number of nitrogens with two attached hydrogens (primary N) is 1. The van der Waals surface area contributed by atoms with Crippen LogP contribution >= 0.6 is 73.7 Å². The van der Waals surface area contributed by atoms with Gasteiger partial charge in [0.1, 0.15) is 36.8 Å². The number of benzene rings is 5. The van der Waals surface area contributed by atoms with Gasteiger partial charge in [0, 0.05) is 76.6 Å². The van der Waals surface area contributed by atoms with Gasteiger partial charge in [0.25, 0.3) is 11.8 Å². The third-order valence-corrected chi connectivity index (χ3v) is 17.6. The number of carboxylic acid groups (broad SMARTS) is 1. The van der Waals surface area contributed by atoms with Crippen LogP contribution in [0.5, 0.6) is 11.5 Å². The second kappa shape index (κ2) is 39.2. The van der Waals surface area contributed by atoms with Gasteiger partial charge in [-0.3, -0.25) is 14.4 Å². The topological polar surface area (TPSA) is 367 Å². The van der Waals surface area contributed by atoms with E-state index in [1.54, 1.807) is 101 Å². The smallest absolute Gasteiger partial charge is 0.488 e. The number of likely N-dealkylation sites (N-methyl/N-ethyl adjacent to an activating group) is 2. The molecule has 0 saturated carbocycles. The van der Waals surface area contributed by atoms with Gasteiger partial charge < -0.3 is 55.0 Å². The van der Waals surface area contributed by atoms with Crippen LogP contribution in [0.25, 0.3) is 0 Å². The van der Waals surface area contributed by atoms with Crippen LogP contribution < -0.4 is 35.8 Å². The zero-order valence-corrected chi connectivity index (χ0v) is 57.7. The highest BCUT2D eigenvalue weighted by atomic mass is 79.9. The molecule has 0 aliphatic carbocycles. The van der Waals surface area contributed by atoms with Crippen LogP contribution in [0.3, 0.4) is 0 Å². The van der Waals surface area contributed by atoms with E-state index in [1.807, 2.05) is 79.7 Å². The van der Waals surface area contributed by atoms with Crippen molar-refractivity contribution in [2.75, 3.05) is 50.3 Å². The molecule has 0 unspecified atom stereocenters. The van der Waals surface area contributed by atoms with Crippen LogP contribution in [-0.2, 0) is 37.2 Å². The average Bonchev–Trinajstić information content (AvgIpc) is 1.91. The number of anilines is 2. The molecule has 11 rings (SSSR count). The highest BCUT2D eigenvalue weighted by Crippen LogP contribution is 2.31. The number of aromatic nitrogens is 4. The van der Waals surface area contributed by atoms with Crippen molar-refractivity contribution in [1.82, 2.24) is 25.3 Å². The lowest BCUT2D eigenvalue weighted by atomic mass is 9.80. The Bertz CT molecular complexity index is 4250. The lowest BCUT2D eigenvalue weighted by molar-refractivity contribution is -0.120. The van der Waals surface area contributed by atoms with Gasteiger partial charge in [0.2, 0.25) is 20.9 Å². The molecule has 96 heavy (non-hydrogen) atoms. The number of alkyl halides is 1. The van der Waals surface area contributed by atoms with E-state index in [1.165, 1.54) is 49.9 Å². The van der Waals surface area contributed by atoms with Gasteiger partial charge in [-0.05, 0) is 98.0 Å². The Hall–Kier alpha value is -9.78. The summed E-state index contributed by atoms with van der Waals surface area (Å²) in [6.07, 6.45) is 7.71. The van der Waals surface area contributed by atoms with E-state index in [9.17, 15) is 28.8 Å². The predicted molar refractivity (Wildman–Crippen MR) is 371 cm³/mol. The predicted octanol–water partition coefficient (Wildman–Crippen LogP) is 8.94. The van der Waals surface area contributed by atoms with Crippen LogP contribution in [-0.4, -0.2) is 130 Å². The van der Waals surface area contributed by atoms with Crippen molar-refractivity contribution < 1.29 is 62.9 Å². The number of carboxylic acids is 1. The van der Waals surface area contributed by atoms with Gasteiger partial charge in [0.15, 0.2) is 5.01 Å². The van der Waals surface area contributed by atoms with Gasteiger partial charge in [-0.15, -0.1) is 57.8 Å². The standard InChI is InChI=1S/C22H18N4O3S.C12H8N2O2S.C10H12N2O2.C7H6BNO2.C7H8BrNO2S.C7H9NO2S.ClH/c1-26-18-7-2-3-8-19(18)29-13-17(22(26)28)25-20(27)21-24-12-16(30-21)10-14-5-4-6-15(9-14)11-23;13-6-9-3-1-2-8(4-9)5-10-7-14-11(17-10)12(15)16;1-12-8-4-2-3-5-9(8)14-6-7(11)10(12)13;9-5-6-2-1-3-7(4-6)8(10)11;1-2-11-7(10)6-9-4-5(3-8)12-6;1-3-10-7(9)6-8-4-5(2)11-6;/h2-9,12,17H,10,13H2,1H3,(H,25,27);1-4,7H,5H2,(H,15,16);2-5,7H,6,11H2,1H3;1-4,10-11H;4H,2-3H2,1H3;4H,3H2,1-2H3;1H/t17-;;7-;;;;/m0.0..../s1. The Morgan fingerprint density at radius 2 is 1.08 bits per heavy atom. The van der Waals surface area contributed by atoms with Crippen molar-refractivity contribution >= 4 is 133 Å². The minimum absolute atomic E-state index is 0. The van der Waals surface area contributed by atoms with E-state index < -0.39 is 31.1 Å². The number of hydrogen-bond acceptors (Lipinski definition) is 24. The summed E-state index contributed by atoms with van der Waals surface area (Å²) in [6, 6.07) is 40.1. The first kappa shape index (κ1) is 76.9. The molecule has 0 spiro atoms. The lowest BCUT2D eigenvalue weighted by Gasteiger charge is -2.19. The maximum atomic E-state index is 12.8. The number of halogens is 2. The number of thiazole rings is 4. The number of nitrogens with zero attached hydrogens (tertiary/aromatic N) is 9. The molecule has 2 atom stereocenters. The SMILES string of the molecule is CCOC(=O)c1ncc(C)s1.CCOC(=O)c1ncc(CBr)s1.CN1C(=O)[C@@H](N)COc2ccccc21.CN1C(=O)[C@@H](NC(=O)c2ncc(Cc3cccc(C#N)c3)s2)COc2ccccc21.Cl.N#Cc1cccc(B(O)O)c1.N#Cc1cccc(Cc2cnc(C(=O)O)s2)c1. The molecule has 2 aliphatic rings. The number of aryl methyl sites for hydroxylation is 1. The number of fused-ring (bicyclic) bond motifs is 2. The summed E-state index contributed by atoms with van der Waals surface area (Å²) >= 11 is 8.39. The van der Waals surface area contributed by atoms with E-state index in [2.05, 4.69) is 53.3 Å². The number of aromatic carboxylic acids is 1. The number of carbonyl (C=O) groups is 6. The molecular weight excluding hydrogens is 1400 g/mol. The largest absolute Gasteiger partial charge is 0.489 e. The van der Waals surface area contributed by atoms with Crippen LogP contribution in [0.4, 0.5) is 11.4 Å². The van der Waals surface area contributed by atoms with Crippen molar-refractivity contribution in [3.8, 4) is 29.7 Å². The normalized spacial score (nSPS) is 13.0. The Morgan fingerprint density at radius 1 is 0.635 bits per heavy atom. The lowest BCUT2D eigenvalue weighted by Crippen LogP contribution is -2.49. The Morgan fingerprint density at radius 3 is 1.56 bits per heavy atom. The summed E-state index contributed by atoms with van der Waals surface area (Å²) in [7, 11) is 1.87. The Balaban J connectivity index is 0.000000219. The van der Waals surface area contributed by atoms with Crippen molar-refractivity contribution in [2.45, 2.75) is 51.0 Å². The first-order valence-electron chi connectivity index (χ1n) is 28.5. The third-order valence-electron chi connectivity index (χ3n) is 12.7. The second-order valence-electron chi connectivity index (χ2n) is 19.6. The fourth-order valence-electron chi connectivity index (χ4n) is 8.20. The first-order valence-corrected chi connectivity index (χ1v) is 32.9. The van der Waals surface area contributed by atoms with Crippen LogP contribution in [0.2, 0.25) is 0 Å². The molecule has 0 radical (unpaired) electrons. The number of esters is 2. The molecule has 0 bridgehead atoms. The molecule has 496 valence electrons. The molecule has 0 fully saturated rings. The third kappa shape index (κ3) is 23.3. The number of nitrogens with one attached hydrogen (secondary N) is 1. The number of para-hydroxylation sites is 4.